The van der Waals surface area contributed by atoms with E-state index in [4.69, 9.17) is 5.73 Å². The maximum Gasteiger partial charge on any atom is 0.348 e. The molecule has 6 heteroatoms. The van der Waals surface area contributed by atoms with E-state index < -0.39 is 17.7 Å². The van der Waals surface area contributed by atoms with Crippen molar-refractivity contribution < 1.29 is 19.1 Å². The Morgan fingerprint density at radius 2 is 1.74 bits per heavy atom. The van der Waals surface area contributed by atoms with Crippen LogP contribution in [-0.2, 0) is 19.1 Å². The first kappa shape index (κ1) is 15.2. The van der Waals surface area contributed by atoms with Crippen molar-refractivity contribution in [2.75, 3.05) is 5.73 Å². The first-order chi connectivity index (χ1) is 8.71. The molecule has 0 aliphatic carbocycles. The van der Waals surface area contributed by atoms with Gasteiger partial charge in [0.1, 0.15) is 5.57 Å². The van der Waals surface area contributed by atoms with Crippen LogP contribution >= 0.6 is 15.9 Å². The first-order valence-electron chi connectivity index (χ1n) is 5.38. The quantitative estimate of drug-likeness (QED) is 0.342. The number of rotatable bonds is 0. The summed E-state index contributed by atoms with van der Waals surface area (Å²) in [6.07, 6.45) is 0. The van der Waals surface area contributed by atoms with Gasteiger partial charge in [-0.25, -0.2) is 9.59 Å². The SMILES string of the molecule is C=C1C(=O)OC(C)(C)OC1=O.Nc1cccc(Br)c1. The largest absolute Gasteiger partial charge is 0.419 e. The molecule has 19 heavy (non-hydrogen) atoms. The molecule has 0 spiro atoms. The van der Waals surface area contributed by atoms with E-state index in [2.05, 4.69) is 32.0 Å². The lowest BCUT2D eigenvalue weighted by Crippen LogP contribution is -2.41. The smallest absolute Gasteiger partial charge is 0.348 e. The van der Waals surface area contributed by atoms with Crippen LogP contribution < -0.4 is 5.73 Å². The van der Waals surface area contributed by atoms with Crippen LogP contribution in [0.4, 0.5) is 5.69 Å². The first-order valence-corrected chi connectivity index (χ1v) is 6.17. The highest BCUT2D eigenvalue weighted by Crippen LogP contribution is 2.20. The van der Waals surface area contributed by atoms with E-state index >= 15 is 0 Å². The van der Waals surface area contributed by atoms with Gasteiger partial charge in [-0.05, 0) is 18.2 Å². The van der Waals surface area contributed by atoms with Crippen LogP contribution in [0, 0.1) is 0 Å². The Hall–Kier alpha value is -1.82. The molecule has 1 aliphatic rings. The fraction of sp³-hybridized carbons (Fsp3) is 0.231. The van der Waals surface area contributed by atoms with Gasteiger partial charge in [-0.1, -0.05) is 28.6 Å². The summed E-state index contributed by atoms with van der Waals surface area (Å²) in [6.45, 7) is 6.16. The highest BCUT2D eigenvalue weighted by atomic mass is 79.9. The number of hydrogen-bond acceptors (Lipinski definition) is 5. The zero-order valence-corrected chi connectivity index (χ0v) is 12.2. The monoisotopic (exact) mass is 327 g/mol. The molecule has 1 aliphatic heterocycles. The normalized spacial score (nSPS) is 16.9. The van der Waals surface area contributed by atoms with Crippen molar-refractivity contribution in [1.82, 2.24) is 0 Å². The Bertz CT molecular complexity index is 486. The number of hydrogen-bond donors (Lipinski definition) is 1. The summed E-state index contributed by atoms with van der Waals surface area (Å²) in [4.78, 5) is 21.6. The molecule has 1 heterocycles. The van der Waals surface area contributed by atoms with Crippen LogP contribution in [0.15, 0.2) is 40.9 Å². The molecule has 2 rings (SSSR count). The van der Waals surface area contributed by atoms with Gasteiger partial charge in [0.05, 0.1) is 0 Å². The minimum absolute atomic E-state index is 0.260. The minimum Gasteiger partial charge on any atom is -0.419 e. The van der Waals surface area contributed by atoms with E-state index in [-0.39, 0.29) is 5.57 Å². The lowest BCUT2D eigenvalue weighted by atomic mass is 10.2. The van der Waals surface area contributed by atoms with Crippen molar-refractivity contribution in [3.8, 4) is 0 Å². The van der Waals surface area contributed by atoms with Gasteiger partial charge in [0.2, 0.25) is 0 Å². The van der Waals surface area contributed by atoms with E-state index in [9.17, 15) is 9.59 Å². The third-order valence-electron chi connectivity index (χ3n) is 2.02. The number of carbonyl (C=O) groups excluding carboxylic acids is 2. The molecular formula is C13H14BrNO4. The summed E-state index contributed by atoms with van der Waals surface area (Å²) >= 11 is 3.28. The zero-order chi connectivity index (χ0) is 14.6. The highest BCUT2D eigenvalue weighted by Gasteiger charge is 2.37. The summed E-state index contributed by atoms with van der Waals surface area (Å²) in [5.41, 5.74) is 5.96. The molecule has 0 amide bonds. The van der Waals surface area contributed by atoms with E-state index in [1.165, 1.54) is 13.8 Å². The predicted octanol–water partition coefficient (Wildman–Crippen LogP) is 2.41. The maximum absolute atomic E-state index is 10.8. The van der Waals surface area contributed by atoms with Gasteiger partial charge < -0.3 is 15.2 Å². The molecule has 0 bridgehead atoms. The van der Waals surface area contributed by atoms with E-state index in [0.717, 1.165) is 10.2 Å². The van der Waals surface area contributed by atoms with Crippen molar-refractivity contribution in [3.05, 3.63) is 40.9 Å². The van der Waals surface area contributed by atoms with E-state index in [1.54, 1.807) is 0 Å². The van der Waals surface area contributed by atoms with Crippen LogP contribution in [0.2, 0.25) is 0 Å². The molecule has 5 nitrogen and oxygen atoms in total. The van der Waals surface area contributed by atoms with Gasteiger partial charge in [-0.2, -0.15) is 0 Å². The van der Waals surface area contributed by atoms with Crippen molar-refractivity contribution >= 4 is 33.6 Å². The molecule has 1 aromatic rings. The molecule has 0 saturated carbocycles. The Balaban J connectivity index is 0.000000200. The van der Waals surface area contributed by atoms with Gasteiger partial charge in [0.25, 0.3) is 5.79 Å². The number of esters is 2. The van der Waals surface area contributed by atoms with E-state index in [1.807, 2.05) is 24.3 Å². The summed E-state index contributed by atoms with van der Waals surface area (Å²) in [6, 6.07) is 7.56. The van der Waals surface area contributed by atoms with Gasteiger partial charge in [-0.3, -0.25) is 0 Å². The van der Waals surface area contributed by atoms with Crippen molar-refractivity contribution in [1.29, 1.82) is 0 Å². The third kappa shape index (κ3) is 4.75. The molecule has 1 aromatic carbocycles. The molecule has 0 radical (unpaired) electrons. The summed E-state index contributed by atoms with van der Waals surface area (Å²) in [7, 11) is 0. The lowest BCUT2D eigenvalue weighted by molar-refractivity contribution is -0.222. The molecular weight excluding hydrogens is 314 g/mol. The average molecular weight is 328 g/mol. The van der Waals surface area contributed by atoms with E-state index in [0.29, 0.717) is 0 Å². The number of halogens is 1. The molecule has 0 aromatic heterocycles. The van der Waals surface area contributed by atoms with Crippen LogP contribution in [0.3, 0.4) is 0 Å². The van der Waals surface area contributed by atoms with Crippen LogP contribution in [-0.4, -0.2) is 17.7 Å². The number of anilines is 1. The van der Waals surface area contributed by atoms with Gasteiger partial charge >= 0.3 is 11.9 Å². The summed E-state index contributed by atoms with van der Waals surface area (Å²) in [5.74, 6) is -2.59. The van der Waals surface area contributed by atoms with Gasteiger partial charge in [0, 0.05) is 24.0 Å². The number of carbonyl (C=O) groups is 2. The second-order valence-corrected chi connectivity index (χ2v) is 5.13. The maximum atomic E-state index is 10.8. The molecule has 0 atom stereocenters. The van der Waals surface area contributed by atoms with Crippen LogP contribution in [0.5, 0.6) is 0 Å². The molecule has 1 saturated heterocycles. The third-order valence-corrected chi connectivity index (χ3v) is 2.51. The zero-order valence-electron chi connectivity index (χ0n) is 10.6. The number of cyclic esters (lactones) is 2. The Morgan fingerprint density at radius 1 is 1.21 bits per heavy atom. The van der Waals surface area contributed by atoms with Gasteiger partial charge in [-0.15, -0.1) is 0 Å². The Morgan fingerprint density at radius 3 is 2.11 bits per heavy atom. The molecule has 102 valence electrons. The Labute approximate surface area is 119 Å². The fourth-order valence-electron chi connectivity index (χ4n) is 1.18. The summed E-state index contributed by atoms with van der Waals surface area (Å²) < 4.78 is 10.4. The number of nitrogen functional groups attached to an aromatic ring is 1. The van der Waals surface area contributed by atoms with Crippen LogP contribution in [0.1, 0.15) is 13.8 Å². The van der Waals surface area contributed by atoms with Gasteiger partial charge in [0.15, 0.2) is 0 Å². The standard InChI is InChI=1S/C7H8O4.C6H6BrN/c1-4-5(8)10-7(2,3)11-6(4)9;7-5-2-1-3-6(8)4-5/h1H2,2-3H3;1-4H,8H2. The number of ether oxygens (including phenoxy) is 2. The average Bonchev–Trinajstić information content (AvgIpc) is 2.25. The van der Waals surface area contributed by atoms with Crippen molar-refractivity contribution in [3.63, 3.8) is 0 Å². The number of benzene rings is 1. The topological polar surface area (TPSA) is 78.6 Å². The minimum atomic E-state index is -1.16. The molecule has 2 N–H and O–H groups in total. The number of nitrogens with two attached hydrogens (primary N) is 1. The van der Waals surface area contributed by atoms with Crippen LogP contribution in [0.25, 0.3) is 0 Å². The highest BCUT2D eigenvalue weighted by molar-refractivity contribution is 9.10. The predicted molar refractivity (Wildman–Crippen MR) is 74.0 cm³/mol. The second-order valence-electron chi connectivity index (χ2n) is 4.21. The van der Waals surface area contributed by atoms with Crippen molar-refractivity contribution in [2.24, 2.45) is 0 Å². The molecule has 1 fully saturated rings. The molecule has 0 unspecified atom stereocenters. The fourth-order valence-corrected chi connectivity index (χ4v) is 1.60. The Kier molecular flexibility index (Phi) is 4.72. The summed E-state index contributed by atoms with van der Waals surface area (Å²) in [5, 5.41) is 0. The second kappa shape index (κ2) is 5.88. The lowest BCUT2D eigenvalue weighted by Gasteiger charge is -2.29. The van der Waals surface area contributed by atoms with Crippen molar-refractivity contribution in [2.45, 2.75) is 19.6 Å².